The largest absolute Gasteiger partial charge is 0.478 e. The van der Waals surface area contributed by atoms with Gasteiger partial charge in [-0.25, -0.2) is 4.79 Å². The maximum atomic E-state index is 13.1. The van der Waals surface area contributed by atoms with Crippen LogP contribution in [0.3, 0.4) is 0 Å². The number of aromatic nitrogens is 1. The Morgan fingerprint density at radius 2 is 1.86 bits per heavy atom. The molecule has 1 heterocycles. The van der Waals surface area contributed by atoms with E-state index in [-0.39, 0.29) is 17.5 Å². The molecule has 1 saturated carbocycles. The number of carboxylic acid groups (broad SMARTS) is 1. The molecule has 6 heteroatoms. The number of hydrogen-bond donors (Lipinski definition) is 2. The average molecular weight is 397 g/mol. The number of carbonyl (C=O) groups excluding carboxylic acids is 1. The first kappa shape index (κ1) is 18.6. The number of carboxylic acids is 1. The van der Waals surface area contributed by atoms with E-state index in [4.69, 9.17) is 16.7 Å². The van der Waals surface area contributed by atoms with Crippen molar-refractivity contribution >= 4 is 34.4 Å². The molecule has 3 aromatic rings. The summed E-state index contributed by atoms with van der Waals surface area (Å²) in [5.41, 5.74) is 2.51. The molecule has 2 N–H and O–H groups in total. The van der Waals surface area contributed by atoms with Crippen LogP contribution in [0.15, 0.2) is 48.5 Å². The van der Waals surface area contributed by atoms with Gasteiger partial charge >= 0.3 is 5.97 Å². The van der Waals surface area contributed by atoms with Gasteiger partial charge in [-0.1, -0.05) is 41.9 Å². The van der Waals surface area contributed by atoms with Crippen LogP contribution in [0.2, 0.25) is 5.02 Å². The Hall–Kier alpha value is -2.79. The van der Waals surface area contributed by atoms with E-state index >= 15 is 0 Å². The summed E-state index contributed by atoms with van der Waals surface area (Å²) in [6, 6.07) is 14.0. The number of benzene rings is 2. The third-order valence-electron chi connectivity index (χ3n) is 5.27. The first-order valence-corrected chi connectivity index (χ1v) is 9.74. The number of halogens is 1. The zero-order valence-corrected chi connectivity index (χ0v) is 16.2. The van der Waals surface area contributed by atoms with E-state index in [1.165, 1.54) is 25.0 Å². The molecule has 0 aliphatic heterocycles. The van der Waals surface area contributed by atoms with Crippen LogP contribution >= 0.6 is 11.6 Å². The number of hydrogen-bond acceptors (Lipinski definition) is 2. The summed E-state index contributed by atoms with van der Waals surface area (Å²) in [5.74, 6) is -0.601. The smallest absolute Gasteiger partial charge is 0.335 e. The van der Waals surface area contributed by atoms with Crippen molar-refractivity contribution in [2.24, 2.45) is 5.92 Å². The number of para-hydroxylation sites is 1. The van der Waals surface area contributed by atoms with E-state index < -0.39 is 5.97 Å². The third-order valence-corrected chi connectivity index (χ3v) is 5.65. The lowest BCUT2D eigenvalue weighted by atomic mass is 10.1. The minimum absolute atomic E-state index is 0.217. The zero-order chi connectivity index (χ0) is 19.8. The number of rotatable bonds is 6. The number of carbonyl (C=O) groups is 2. The second kappa shape index (κ2) is 7.32. The van der Waals surface area contributed by atoms with E-state index in [0.29, 0.717) is 16.6 Å². The summed E-state index contributed by atoms with van der Waals surface area (Å²) in [7, 11) is 0. The SMILES string of the molecule is CC(NC(=O)c1c(Cl)c2ccccc2n1CC1CC1)c1ccc(C(=O)O)cc1. The summed E-state index contributed by atoms with van der Waals surface area (Å²) in [6.45, 7) is 2.66. The number of fused-ring (bicyclic) bond motifs is 1. The fourth-order valence-corrected chi connectivity index (χ4v) is 3.84. The highest BCUT2D eigenvalue weighted by molar-refractivity contribution is 6.38. The first-order valence-electron chi connectivity index (χ1n) is 9.36. The van der Waals surface area contributed by atoms with Crippen molar-refractivity contribution in [2.75, 3.05) is 0 Å². The fourth-order valence-electron chi connectivity index (χ4n) is 3.49. The van der Waals surface area contributed by atoms with Gasteiger partial charge in [-0.2, -0.15) is 0 Å². The van der Waals surface area contributed by atoms with Crippen molar-refractivity contribution in [2.45, 2.75) is 32.4 Å². The Bertz CT molecular complexity index is 1050. The van der Waals surface area contributed by atoms with Gasteiger partial charge in [0.2, 0.25) is 0 Å². The molecule has 2 aromatic carbocycles. The van der Waals surface area contributed by atoms with Crippen molar-refractivity contribution in [1.29, 1.82) is 0 Å². The van der Waals surface area contributed by atoms with Crippen molar-refractivity contribution in [3.63, 3.8) is 0 Å². The normalized spacial score (nSPS) is 14.8. The van der Waals surface area contributed by atoms with Crippen LogP contribution in [0.4, 0.5) is 0 Å². The highest BCUT2D eigenvalue weighted by atomic mass is 35.5. The summed E-state index contributed by atoms with van der Waals surface area (Å²) < 4.78 is 2.03. The summed E-state index contributed by atoms with van der Waals surface area (Å²) in [5, 5.41) is 13.4. The van der Waals surface area contributed by atoms with Gasteiger partial charge in [0.1, 0.15) is 5.69 Å². The van der Waals surface area contributed by atoms with Gasteiger partial charge in [-0.15, -0.1) is 0 Å². The molecule has 5 nitrogen and oxygen atoms in total. The second-order valence-electron chi connectivity index (χ2n) is 7.36. The molecule has 4 rings (SSSR count). The van der Waals surface area contributed by atoms with E-state index in [9.17, 15) is 9.59 Å². The molecule has 1 fully saturated rings. The van der Waals surface area contributed by atoms with Gasteiger partial charge in [-0.05, 0) is 49.4 Å². The molecule has 1 aliphatic rings. The van der Waals surface area contributed by atoms with Crippen LogP contribution in [0.25, 0.3) is 10.9 Å². The zero-order valence-electron chi connectivity index (χ0n) is 15.5. The van der Waals surface area contributed by atoms with Crippen LogP contribution in [0.5, 0.6) is 0 Å². The van der Waals surface area contributed by atoms with Gasteiger partial charge < -0.3 is 15.0 Å². The summed E-state index contributed by atoms with van der Waals surface area (Å²) >= 11 is 6.60. The maximum Gasteiger partial charge on any atom is 0.335 e. The van der Waals surface area contributed by atoms with E-state index in [1.807, 2.05) is 35.8 Å². The van der Waals surface area contributed by atoms with Crippen molar-refractivity contribution in [3.8, 4) is 0 Å². The average Bonchev–Trinajstić information content (AvgIpc) is 3.46. The third kappa shape index (κ3) is 3.50. The lowest BCUT2D eigenvalue weighted by Crippen LogP contribution is -2.29. The monoisotopic (exact) mass is 396 g/mol. The molecule has 0 saturated heterocycles. The van der Waals surface area contributed by atoms with Crippen molar-refractivity contribution in [3.05, 3.63) is 70.4 Å². The standard InChI is InChI=1S/C22H21ClN2O3/c1-13(15-8-10-16(11-9-15)22(27)28)24-21(26)20-19(23)17-4-2-3-5-18(17)25(20)12-14-6-7-14/h2-5,8-11,13-14H,6-7,12H2,1H3,(H,24,26)(H,27,28). The molecule has 1 aromatic heterocycles. The lowest BCUT2D eigenvalue weighted by molar-refractivity contribution is 0.0696. The quantitative estimate of drug-likeness (QED) is 0.622. The van der Waals surface area contributed by atoms with Crippen molar-refractivity contribution in [1.82, 2.24) is 9.88 Å². The molecule has 144 valence electrons. The Kier molecular flexibility index (Phi) is 4.85. The molecule has 1 amide bonds. The second-order valence-corrected chi connectivity index (χ2v) is 7.73. The molecule has 28 heavy (non-hydrogen) atoms. The number of aromatic carboxylic acids is 1. The highest BCUT2D eigenvalue weighted by Crippen LogP contribution is 2.36. The fraction of sp³-hybridized carbons (Fsp3) is 0.273. The molecule has 0 radical (unpaired) electrons. The van der Waals surface area contributed by atoms with Gasteiger partial charge in [0.05, 0.1) is 22.1 Å². The van der Waals surface area contributed by atoms with Gasteiger partial charge in [0.25, 0.3) is 5.91 Å². The van der Waals surface area contributed by atoms with E-state index in [0.717, 1.165) is 23.0 Å². The molecule has 1 unspecified atom stereocenters. The molecular formula is C22H21ClN2O3. The molecular weight excluding hydrogens is 376 g/mol. The molecule has 1 aliphatic carbocycles. The Labute approximate surface area is 167 Å². The van der Waals surface area contributed by atoms with Crippen molar-refractivity contribution < 1.29 is 14.7 Å². The Morgan fingerprint density at radius 1 is 1.18 bits per heavy atom. The minimum atomic E-state index is -0.973. The lowest BCUT2D eigenvalue weighted by Gasteiger charge is -2.16. The van der Waals surface area contributed by atoms with Crippen LogP contribution in [0, 0.1) is 5.92 Å². The predicted molar refractivity (Wildman–Crippen MR) is 109 cm³/mol. The van der Waals surface area contributed by atoms with Gasteiger partial charge in [0.15, 0.2) is 0 Å². The Balaban J connectivity index is 1.63. The predicted octanol–water partition coefficient (Wildman–Crippen LogP) is 4.89. The molecule has 1 atom stereocenters. The number of nitrogens with one attached hydrogen (secondary N) is 1. The number of nitrogens with zero attached hydrogens (tertiary/aromatic N) is 1. The van der Waals surface area contributed by atoms with Gasteiger partial charge in [0, 0.05) is 11.9 Å². The van der Waals surface area contributed by atoms with Crippen LogP contribution in [0.1, 0.15) is 52.2 Å². The maximum absolute atomic E-state index is 13.1. The minimum Gasteiger partial charge on any atom is -0.478 e. The first-order chi connectivity index (χ1) is 13.5. The molecule has 0 bridgehead atoms. The van der Waals surface area contributed by atoms with Crippen LogP contribution in [-0.2, 0) is 6.54 Å². The molecule has 0 spiro atoms. The van der Waals surface area contributed by atoms with Crippen LogP contribution < -0.4 is 5.32 Å². The van der Waals surface area contributed by atoms with Gasteiger partial charge in [-0.3, -0.25) is 4.79 Å². The topological polar surface area (TPSA) is 71.3 Å². The Morgan fingerprint density at radius 3 is 2.50 bits per heavy atom. The summed E-state index contributed by atoms with van der Waals surface area (Å²) in [6.07, 6.45) is 2.36. The van der Waals surface area contributed by atoms with E-state index in [1.54, 1.807) is 12.1 Å². The van der Waals surface area contributed by atoms with E-state index in [2.05, 4.69) is 5.32 Å². The highest BCUT2D eigenvalue weighted by Gasteiger charge is 2.28. The summed E-state index contributed by atoms with van der Waals surface area (Å²) in [4.78, 5) is 24.1. The number of amides is 1. The van der Waals surface area contributed by atoms with Crippen LogP contribution in [-0.4, -0.2) is 21.6 Å².